The van der Waals surface area contributed by atoms with Crippen LogP contribution >= 0.6 is 15.9 Å². The predicted molar refractivity (Wildman–Crippen MR) is 99.7 cm³/mol. The monoisotopic (exact) mass is 429 g/mol. The van der Waals surface area contributed by atoms with Gasteiger partial charge in [0.05, 0.1) is 0 Å². The van der Waals surface area contributed by atoms with Gasteiger partial charge < -0.3 is 10.1 Å². The molecule has 1 saturated heterocycles. The van der Waals surface area contributed by atoms with Gasteiger partial charge in [-0.2, -0.15) is 5.01 Å². The summed E-state index contributed by atoms with van der Waals surface area (Å²) in [5.41, 5.74) is 2.55. The molecule has 0 aromatic heterocycles. The molecule has 0 bridgehead atoms. The van der Waals surface area contributed by atoms with Crippen LogP contribution < -0.4 is 15.5 Å². The first-order valence-corrected chi connectivity index (χ1v) is 9.14. The first kappa shape index (κ1) is 17.5. The zero-order valence-corrected chi connectivity index (χ0v) is 15.9. The molecule has 4 amide bonds. The van der Waals surface area contributed by atoms with Crippen molar-refractivity contribution in [3.8, 4) is 5.75 Å². The zero-order valence-electron chi connectivity index (χ0n) is 14.4. The minimum absolute atomic E-state index is 0.150. The van der Waals surface area contributed by atoms with Gasteiger partial charge >= 0.3 is 6.03 Å². The van der Waals surface area contributed by atoms with E-state index in [1.807, 2.05) is 12.1 Å². The fraction of sp³-hybridized carbons (Fsp3) is 0.211. The van der Waals surface area contributed by atoms with Crippen molar-refractivity contribution < 1.29 is 19.1 Å². The summed E-state index contributed by atoms with van der Waals surface area (Å²) in [5, 5.41) is 3.40. The Hall–Kier alpha value is -2.87. The zero-order chi connectivity index (χ0) is 19.2. The first-order chi connectivity index (χ1) is 12.9. The van der Waals surface area contributed by atoms with Gasteiger partial charge in [0, 0.05) is 10.0 Å². The van der Waals surface area contributed by atoms with E-state index in [0.717, 1.165) is 9.48 Å². The molecule has 1 fully saturated rings. The van der Waals surface area contributed by atoms with Crippen LogP contribution in [0.2, 0.25) is 0 Å². The van der Waals surface area contributed by atoms with Crippen LogP contribution in [0.3, 0.4) is 0 Å². The average molecular weight is 430 g/mol. The maximum Gasteiger partial charge on any atom is 0.344 e. The lowest BCUT2D eigenvalue weighted by atomic mass is 9.92. The molecule has 8 heteroatoms. The van der Waals surface area contributed by atoms with Crippen molar-refractivity contribution in [2.75, 3.05) is 6.61 Å². The third-order valence-electron chi connectivity index (χ3n) is 4.83. The highest BCUT2D eigenvalue weighted by Gasteiger charge is 2.50. The maximum absolute atomic E-state index is 12.9. The second kappa shape index (κ2) is 6.38. The molecule has 2 aliphatic heterocycles. The van der Waals surface area contributed by atoms with E-state index in [1.165, 1.54) is 0 Å². The molecule has 2 N–H and O–H groups in total. The molecule has 27 heavy (non-hydrogen) atoms. The SMILES string of the molecule is C[C@]1(c2ccccc2)NC(=O)N(NC(=O)[C@@H]2COc3ccc(Br)cc32)C1=O. The number of carbonyl (C=O) groups is 3. The third kappa shape index (κ3) is 2.86. The molecule has 2 aromatic rings. The number of rotatable bonds is 3. The number of urea groups is 1. The van der Waals surface area contributed by atoms with E-state index >= 15 is 0 Å². The molecule has 7 nitrogen and oxygen atoms in total. The number of nitrogens with zero attached hydrogens (tertiary/aromatic N) is 1. The van der Waals surface area contributed by atoms with Crippen LogP contribution in [0.4, 0.5) is 4.79 Å². The van der Waals surface area contributed by atoms with Crippen molar-refractivity contribution in [1.82, 2.24) is 15.8 Å². The first-order valence-electron chi connectivity index (χ1n) is 8.35. The number of benzene rings is 2. The van der Waals surface area contributed by atoms with Crippen molar-refractivity contribution in [2.24, 2.45) is 0 Å². The van der Waals surface area contributed by atoms with Crippen LogP contribution in [0.5, 0.6) is 5.75 Å². The number of fused-ring (bicyclic) bond motifs is 1. The normalized spacial score (nSPS) is 23.6. The molecule has 0 spiro atoms. The summed E-state index contributed by atoms with van der Waals surface area (Å²) in [6.07, 6.45) is 0. The fourth-order valence-electron chi connectivity index (χ4n) is 3.30. The molecule has 0 saturated carbocycles. The van der Waals surface area contributed by atoms with Gasteiger partial charge in [0.2, 0.25) is 5.91 Å². The molecular formula is C19H16BrN3O4. The van der Waals surface area contributed by atoms with Crippen LogP contribution in [0, 0.1) is 0 Å². The summed E-state index contributed by atoms with van der Waals surface area (Å²) in [6, 6.07) is 13.6. The van der Waals surface area contributed by atoms with Crippen molar-refractivity contribution in [2.45, 2.75) is 18.4 Å². The summed E-state index contributed by atoms with van der Waals surface area (Å²) in [6.45, 7) is 1.76. The Balaban J connectivity index is 1.56. The van der Waals surface area contributed by atoms with E-state index in [2.05, 4.69) is 26.7 Å². The van der Waals surface area contributed by atoms with Crippen LogP contribution in [0.1, 0.15) is 24.0 Å². The highest BCUT2D eigenvalue weighted by atomic mass is 79.9. The van der Waals surface area contributed by atoms with Crippen LogP contribution in [0.25, 0.3) is 0 Å². The van der Waals surface area contributed by atoms with Crippen LogP contribution in [-0.4, -0.2) is 29.5 Å². The molecule has 0 aliphatic carbocycles. The molecule has 0 unspecified atom stereocenters. The number of halogens is 1. The Bertz CT molecular complexity index is 949. The Morgan fingerprint density at radius 3 is 2.74 bits per heavy atom. The number of amides is 4. The van der Waals surface area contributed by atoms with Crippen molar-refractivity contribution in [1.29, 1.82) is 0 Å². The summed E-state index contributed by atoms with van der Waals surface area (Å²) in [7, 11) is 0. The quantitative estimate of drug-likeness (QED) is 0.733. The topological polar surface area (TPSA) is 87.7 Å². The molecule has 0 radical (unpaired) electrons. The molecular weight excluding hydrogens is 414 g/mol. The second-order valence-corrected chi connectivity index (χ2v) is 7.50. The van der Waals surface area contributed by atoms with E-state index in [9.17, 15) is 14.4 Å². The van der Waals surface area contributed by atoms with Crippen molar-refractivity contribution >= 4 is 33.8 Å². The van der Waals surface area contributed by atoms with E-state index in [4.69, 9.17) is 4.74 Å². The highest BCUT2D eigenvalue weighted by molar-refractivity contribution is 9.10. The van der Waals surface area contributed by atoms with Crippen molar-refractivity contribution in [3.63, 3.8) is 0 Å². The minimum Gasteiger partial charge on any atom is -0.492 e. The van der Waals surface area contributed by atoms with Crippen LogP contribution in [0.15, 0.2) is 53.0 Å². The number of nitrogens with one attached hydrogen (secondary N) is 2. The standard InChI is InChI=1S/C19H16BrN3O4/c1-19(11-5-3-2-4-6-11)17(25)23(18(26)21-19)22-16(24)14-10-27-15-8-7-12(20)9-13(14)15/h2-9,14H,10H2,1H3,(H,21,26)(H,22,24)/t14-,19-/m1/s1. The Labute approximate surface area is 163 Å². The number of hydrazine groups is 1. The van der Waals surface area contributed by atoms with Gasteiger partial charge in [-0.15, -0.1) is 0 Å². The number of ether oxygens (including phenoxy) is 1. The summed E-state index contributed by atoms with van der Waals surface area (Å²) >= 11 is 3.37. The van der Waals surface area contributed by atoms with E-state index in [1.54, 1.807) is 43.3 Å². The summed E-state index contributed by atoms with van der Waals surface area (Å²) in [4.78, 5) is 38.0. The smallest absolute Gasteiger partial charge is 0.344 e. The molecule has 2 aliphatic rings. The molecule has 4 rings (SSSR count). The van der Waals surface area contributed by atoms with Gasteiger partial charge in [-0.1, -0.05) is 46.3 Å². The third-order valence-corrected chi connectivity index (χ3v) is 5.33. The Morgan fingerprint density at radius 2 is 2.00 bits per heavy atom. The minimum atomic E-state index is -1.24. The summed E-state index contributed by atoms with van der Waals surface area (Å²) in [5.74, 6) is -1.01. The number of hydrogen-bond acceptors (Lipinski definition) is 4. The molecule has 138 valence electrons. The lowest BCUT2D eigenvalue weighted by Crippen LogP contribution is -2.49. The van der Waals surface area contributed by atoms with Crippen LogP contribution in [-0.2, 0) is 15.1 Å². The molecule has 2 aromatic carbocycles. The fourth-order valence-corrected chi connectivity index (χ4v) is 3.68. The Kier molecular flexibility index (Phi) is 4.15. The van der Waals surface area contributed by atoms with Gasteiger partial charge in [0.15, 0.2) is 0 Å². The van der Waals surface area contributed by atoms with Crippen molar-refractivity contribution in [3.05, 3.63) is 64.1 Å². The van der Waals surface area contributed by atoms with E-state index in [0.29, 0.717) is 16.9 Å². The highest BCUT2D eigenvalue weighted by Crippen LogP contribution is 2.36. The molecule has 2 heterocycles. The maximum atomic E-state index is 12.9. The van der Waals surface area contributed by atoms with E-state index in [-0.39, 0.29) is 6.61 Å². The largest absolute Gasteiger partial charge is 0.492 e. The Morgan fingerprint density at radius 1 is 1.26 bits per heavy atom. The van der Waals surface area contributed by atoms with Gasteiger partial charge in [-0.05, 0) is 30.7 Å². The molecule has 2 atom stereocenters. The lowest BCUT2D eigenvalue weighted by molar-refractivity contribution is -0.139. The van der Waals surface area contributed by atoms with Gasteiger partial charge in [-0.3, -0.25) is 15.0 Å². The number of imide groups is 1. The summed E-state index contributed by atoms with van der Waals surface area (Å²) < 4.78 is 6.35. The van der Waals surface area contributed by atoms with Gasteiger partial charge in [0.1, 0.15) is 23.8 Å². The number of hydrogen-bond donors (Lipinski definition) is 2. The second-order valence-electron chi connectivity index (χ2n) is 6.58. The predicted octanol–water partition coefficient (Wildman–Crippen LogP) is 2.42. The number of carbonyl (C=O) groups excluding carboxylic acids is 3. The van der Waals surface area contributed by atoms with Gasteiger partial charge in [-0.25, -0.2) is 4.79 Å². The average Bonchev–Trinajstić information content (AvgIpc) is 3.17. The lowest BCUT2D eigenvalue weighted by Gasteiger charge is -2.22. The van der Waals surface area contributed by atoms with E-state index < -0.39 is 29.3 Å². The van der Waals surface area contributed by atoms with Gasteiger partial charge in [0.25, 0.3) is 5.91 Å².